The van der Waals surface area contributed by atoms with Crippen molar-refractivity contribution < 1.29 is 19.1 Å². The molecular weight excluding hydrogens is 323 g/mol. The number of aliphatic carboxylic acids is 1. The van der Waals surface area contributed by atoms with Crippen molar-refractivity contribution in [1.29, 1.82) is 0 Å². The van der Waals surface area contributed by atoms with Crippen LogP contribution >= 0.6 is 0 Å². The topological polar surface area (TPSA) is 69.6 Å². The van der Waals surface area contributed by atoms with Crippen molar-refractivity contribution in [2.24, 2.45) is 11.3 Å². The van der Waals surface area contributed by atoms with E-state index in [0.717, 1.165) is 31.2 Å². The van der Waals surface area contributed by atoms with Gasteiger partial charge in [0.05, 0.1) is 5.41 Å². The summed E-state index contributed by atoms with van der Waals surface area (Å²) in [5, 5.41) is 12.6. The van der Waals surface area contributed by atoms with Gasteiger partial charge in [0.25, 0.3) is 0 Å². The highest BCUT2D eigenvalue weighted by atomic mass is 19.1. The van der Waals surface area contributed by atoms with Gasteiger partial charge in [0.2, 0.25) is 0 Å². The van der Waals surface area contributed by atoms with Crippen molar-refractivity contribution in [1.82, 2.24) is 10.2 Å². The number of carboxylic acids is 1. The van der Waals surface area contributed by atoms with Gasteiger partial charge in [-0.3, -0.25) is 4.79 Å². The second-order valence-corrected chi connectivity index (χ2v) is 7.88. The maximum absolute atomic E-state index is 13.5. The summed E-state index contributed by atoms with van der Waals surface area (Å²) in [6, 6.07) is 6.37. The Morgan fingerprint density at radius 1 is 1.32 bits per heavy atom. The first-order chi connectivity index (χ1) is 12.0. The summed E-state index contributed by atoms with van der Waals surface area (Å²) >= 11 is 0. The fourth-order valence-electron chi connectivity index (χ4n) is 4.69. The molecule has 1 aromatic carbocycles. The van der Waals surface area contributed by atoms with E-state index in [4.69, 9.17) is 0 Å². The number of carboxylic acid groups (broad SMARTS) is 1. The van der Waals surface area contributed by atoms with E-state index in [0.29, 0.717) is 26.1 Å². The number of carbonyl (C=O) groups is 2. The molecule has 1 aliphatic heterocycles. The van der Waals surface area contributed by atoms with Crippen LogP contribution in [0.5, 0.6) is 0 Å². The average Bonchev–Trinajstić information content (AvgIpc) is 3.11. The van der Waals surface area contributed by atoms with E-state index in [1.807, 2.05) is 6.07 Å². The van der Waals surface area contributed by atoms with Crippen LogP contribution in [0.25, 0.3) is 0 Å². The lowest BCUT2D eigenvalue weighted by Gasteiger charge is -2.24. The predicted octanol–water partition coefficient (Wildman–Crippen LogP) is 2.75. The van der Waals surface area contributed by atoms with Gasteiger partial charge < -0.3 is 15.3 Å². The molecule has 3 aliphatic rings. The molecule has 134 valence electrons. The molecular formula is C19H23FN2O3. The third-order valence-electron chi connectivity index (χ3n) is 6.45. The zero-order chi connectivity index (χ0) is 17.7. The molecule has 1 saturated heterocycles. The molecule has 25 heavy (non-hydrogen) atoms. The van der Waals surface area contributed by atoms with Crippen LogP contribution in [-0.4, -0.2) is 41.6 Å². The van der Waals surface area contributed by atoms with Crippen LogP contribution < -0.4 is 5.32 Å². The van der Waals surface area contributed by atoms with Crippen molar-refractivity contribution in [2.75, 3.05) is 19.6 Å². The van der Waals surface area contributed by atoms with Gasteiger partial charge in [0.15, 0.2) is 0 Å². The molecule has 0 spiro atoms. The van der Waals surface area contributed by atoms with Gasteiger partial charge >= 0.3 is 12.0 Å². The lowest BCUT2D eigenvalue weighted by molar-refractivity contribution is -0.149. The number of fused-ring (bicyclic) bond motifs is 1. The highest BCUT2D eigenvalue weighted by molar-refractivity contribution is 5.80. The molecule has 5 nitrogen and oxygen atoms in total. The molecule has 1 heterocycles. The van der Waals surface area contributed by atoms with Gasteiger partial charge in [-0.1, -0.05) is 18.6 Å². The predicted molar refractivity (Wildman–Crippen MR) is 89.7 cm³/mol. The molecule has 0 bridgehead atoms. The Bertz CT molecular complexity index is 718. The monoisotopic (exact) mass is 346 g/mol. The quantitative estimate of drug-likeness (QED) is 0.881. The Hall–Kier alpha value is -2.11. The largest absolute Gasteiger partial charge is 0.481 e. The van der Waals surface area contributed by atoms with Gasteiger partial charge in [0.1, 0.15) is 5.82 Å². The van der Waals surface area contributed by atoms with Gasteiger partial charge in [-0.25, -0.2) is 9.18 Å². The summed E-state index contributed by atoms with van der Waals surface area (Å²) in [7, 11) is 0. The van der Waals surface area contributed by atoms with Crippen molar-refractivity contribution in [3.05, 3.63) is 35.6 Å². The molecule has 0 aromatic heterocycles. The minimum absolute atomic E-state index is 0.0638. The number of halogens is 1. The zero-order valence-electron chi connectivity index (χ0n) is 14.1. The summed E-state index contributed by atoms with van der Waals surface area (Å²) < 4.78 is 13.5. The normalized spacial score (nSPS) is 29.3. The second-order valence-electron chi connectivity index (χ2n) is 7.88. The SMILES string of the molecule is O=C(NCC1(c2cccc(F)c2)CC1)N1C[C@@H]2CCC[C@@]2(C(=O)O)C1. The lowest BCUT2D eigenvalue weighted by Crippen LogP contribution is -2.44. The summed E-state index contributed by atoms with van der Waals surface area (Å²) in [4.78, 5) is 25.9. The molecule has 1 aromatic rings. The van der Waals surface area contributed by atoms with E-state index in [1.165, 1.54) is 6.07 Å². The van der Waals surface area contributed by atoms with E-state index in [-0.39, 0.29) is 23.2 Å². The first-order valence-electron chi connectivity index (χ1n) is 8.97. The number of nitrogens with one attached hydrogen (secondary N) is 1. The number of rotatable bonds is 4. The summed E-state index contributed by atoms with van der Waals surface area (Å²) in [5.74, 6) is -0.969. The highest BCUT2D eigenvalue weighted by Crippen LogP contribution is 2.49. The van der Waals surface area contributed by atoms with Crippen molar-refractivity contribution in [2.45, 2.75) is 37.5 Å². The molecule has 3 fully saturated rings. The van der Waals surface area contributed by atoms with Crippen molar-refractivity contribution in [3.63, 3.8) is 0 Å². The molecule has 0 unspecified atom stereocenters. The van der Waals surface area contributed by atoms with E-state index in [9.17, 15) is 19.1 Å². The third kappa shape index (κ3) is 2.68. The zero-order valence-corrected chi connectivity index (χ0v) is 14.1. The first-order valence-corrected chi connectivity index (χ1v) is 8.97. The number of likely N-dealkylation sites (tertiary alicyclic amines) is 1. The molecule has 2 atom stereocenters. The number of carbonyl (C=O) groups excluding carboxylic acids is 1. The Balaban J connectivity index is 1.40. The molecule has 2 aliphatic carbocycles. The minimum Gasteiger partial charge on any atom is -0.481 e. The smallest absolute Gasteiger partial charge is 0.317 e. The fourth-order valence-corrected chi connectivity index (χ4v) is 4.69. The first kappa shape index (κ1) is 16.4. The Morgan fingerprint density at radius 2 is 2.12 bits per heavy atom. The molecule has 4 rings (SSSR count). The number of hydrogen-bond acceptors (Lipinski definition) is 2. The molecule has 2 N–H and O–H groups in total. The number of amides is 2. The van der Waals surface area contributed by atoms with E-state index >= 15 is 0 Å². The summed E-state index contributed by atoms with van der Waals surface area (Å²) in [5.41, 5.74) is 0.00254. The summed E-state index contributed by atoms with van der Waals surface area (Å²) in [6.07, 6.45) is 4.32. The van der Waals surface area contributed by atoms with Gasteiger partial charge in [0, 0.05) is 25.0 Å². The third-order valence-corrected chi connectivity index (χ3v) is 6.45. The fraction of sp³-hybridized carbons (Fsp3) is 0.579. The van der Waals surface area contributed by atoms with E-state index in [1.54, 1.807) is 17.0 Å². The van der Waals surface area contributed by atoms with Crippen LogP contribution in [0.15, 0.2) is 24.3 Å². The second kappa shape index (κ2) is 5.71. The molecule has 0 radical (unpaired) electrons. The number of benzene rings is 1. The Morgan fingerprint density at radius 3 is 2.76 bits per heavy atom. The maximum atomic E-state index is 13.5. The summed E-state index contributed by atoms with van der Waals surface area (Å²) in [6.45, 7) is 1.29. The molecule has 6 heteroatoms. The Kier molecular flexibility index (Phi) is 3.74. The van der Waals surface area contributed by atoms with Crippen LogP contribution in [0.4, 0.5) is 9.18 Å². The van der Waals surface area contributed by atoms with Crippen LogP contribution in [0.3, 0.4) is 0 Å². The van der Waals surface area contributed by atoms with Crippen LogP contribution in [0.1, 0.15) is 37.7 Å². The number of nitrogens with zero attached hydrogens (tertiary/aromatic N) is 1. The van der Waals surface area contributed by atoms with Gasteiger partial charge in [-0.2, -0.15) is 0 Å². The van der Waals surface area contributed by atoms with Gasteiger partial charge in [-0.05, 0) is 49.3 Å². The van der Waals surface area contributed by atoms with Crippen LogP contribution in [0.2, 0.25) is 0 Å². The van der Waals surface area contributed by atoms with Gasteiger partial charge in [-0.15, -0.1) is 0 Å². The number of urea groups is 1. The molecule has 2 amide bonds. The van der Waals surface area contributed by atoms with Crippen LogP contribution in [-0.2, 0) is 10.2 Å². The number of hydrogen-bond donors (Lipinski definition) is 2. The minimum atomic E-state index is -0.774. The average molecular weight is 346 g/mol. The maximum Gasteiger partial charge on any atom is 0.317 e. The highest BCUT2D eigenvalue weighted by Gasteiger charge is 2.56. The lowest BCUT2D eigenvalue weighted by atomic mass is 9.81. The Labute approximate surface area is 146 Å². The van der Waals surface area contributed by atoms with Crippen molar-refractivity contribution in [3.8, 4) is 0 Å². The van der Waals surface area contributed by atoms with E-state index in [2.05, 4.69) is 5.32 Å². The van der Waals surface area contributed by atoms with Crippen molar-refractivity contribution >= 4 is 12.0 Å². The molecule has 2 saturated carbocycles. The van der Waals surface area contributed by atoms with Crippen LogP contribution in [0, 0.1) is 17.2 Å². The standard InChI is InChI=1S/C19H23FN2O3/c20-15-5-1-3-13(9-15)18(7-8-18)11-21-17(25)22-10-14-4-2-6-19(14,12-22)16(23)24/h1,3,5,9,14H,2,4,6-8,10-12H2,(H,21,25)(H,23,24)/t14-,19+/m0/s1. The van der Waals surface area contributed by atoms with E-state index < -0.39 is 11.4 Å².